The van der Waals surface area contributed by atoms with Crippen molar-refractivity contribution in [2.75, 3.05) is 0 Å². The second-order valence-electron chi connectivity index (χ2n) is 10.2. The summed E-state index contributed by atoms with van der Waals surface area (Å²) in [4.78, 5) is 0. The topological polar surface area (TPSA) is 0 Å². The first-order valence-electron chi connectivity index (χ1n) is 12.8. The van der Waals surface area contributed by atoms with Crippen LogP contribution in [0.4, 0.5) is 0 Å². The molecule has 3 aromatic carbocycles. The van der Waals surface area contributed by atoms with E-state index < -0.39 is 0 Å². The van der Waals surface area contributed by atoms with Gasteiger partial charge in [-0.15, -0.1) is 5.56 Å². The Hall–Kier alpha value is -1.53. The summed E-state index contributed by atoms with van der Waals surface area (Å²) in [7, 11) is 0. The summed E-state index contributed by atoms with van der Waals surface area (Å²) in [5.74, 6) is 0.522. The van der Waals surface area contributed by atoms with E-state index in [0.717, 1.165) is 12.8 Å². The van der Waals surface area contributed by atoms with Gasteiger partial charge in [-0.25, -0.2) is 5.57 Å². The van der Waals surface area contributed by atoms with E-state index in [9.17, 15) is 0 Å². The molecule has 0 aliphatic heterocycles. The molecule has 0 N–H and O–H groups in total. The molecule has 0 aromatic heterocycles. The van der Waals surface area contributed by atoms with E-state index in [1.807, 2.05) is 6.07 Å². The molecule has 1 unspecified atom stereocenters. The molecule has 5 rings (SSSR count). The summed E-state index contributed by atoms with van der Waals surface area (Å²) in [6.45, 7) is 13.4. The van der Waals surface area contributed by atoms with Gasteiger partial charge in [0.1, 0.15) is 0 Å². The first-order valence-corrected chi connectivity index (χ1v) is 14.0. The van der Waals surface area contributed by atoms with Gasteiger partial charge in [0.2, 0.25) is 0 Å². The third kappa shape index (κ3) is 9.31. The molecule has 0 saturated heterocycles. The minimum atomic E-state index is 0. The van der Waals surface area contributed by atoms with Gasteiger partial charge < -0.3 is 24.8 Å². The zero-order chi connectivity index (χ0) is 25.4. The fraction of sp³-hybridized carbons (Fsp3) is 0.324. The van der Waals surface area contributed by atoms with Gasteiger partial charge in [-0.3, -0.25) is 6.08 Å². The average molecular weight is 609 g/mol. The third-order valence-corrected chi connectivity index (χ3v) is 7.98. The Bertz CT molecular complexity index is 1160. The number of hydrogen-bond acceptors (Lipinski definition) is 0. The smallest absolute Gasteiger partial charge is 0.0253 e. The van der Waals surface area contributed by atoms with Crippen LogP contribution < -0.4 is 24.8 Å². The minimum absolute atomic E-state index is 0. The van der Waals surface area contributed by atoms with Crippen LogP contribution in [0.3, 0.4) is 0 Å². The summed E-state index contributed by atoms with van der Waals surface area (Å²) in [6.07, 6.45) is 9.18. The van der Waals surface area contributed by atoms with Crippen molar-refractivity contribution in [3.05, 3.63) is 119 Å². The molecule has 0 nitrogen and oxygen atoms in total. The second kappa shape index (κ2) is 15.8. The molecule has 3 aromatic rings. The predicted octanol–water partition coefficient (Wildman–Crippen LogP) is 2.98. The molecule has 37 heavy (non-hydrogen) atoms. The number of rotatable bonds is 3. The summed E-state index contributed by atoms with van der Waals surface area (Å²) in [6, 6.07) is 28.7. The van der Waals surface area contributed by atoms with Crippen LogP contribution in [0.1, 0.15) is 71.1 Å². The number of benzene rings is 3. The molecule has 2 aliphatic carbocycles. The van der Waals surface area contributed by atoms with Gasteiger partial charge in [0, 0.05) is 0 Å². The molecule has 0 heterocycles. The first-order chi connectivity index (χ1) is 16.7. The van der Waals surface area contributed by atoms with Gasteiger partial charge in [-0.2, -0.15) is 41.5 Å². The van der Waals surface area contributed by atoms with Crippen LogP contribution in [0.5, 0.6) is 0 Å². The fourth-order valence-electron chi connectivity index (χ4n) is 4.58. The molecular formula is C34H38Cl2Zr-2. The van der Waals surface area contributed by atoms with Crippen molar-refractivity contribution >= 4 is 3.21 Å². The number of halogens is 2. The average Bonchev–Trinajstić information content (AvgIpc) is 3.45. The fourth-order valence-corrected chi connectivity index (χ4v) is 4.99. The molecule has 0 amide bonds. The quantitative estimate of drug-likeness (QED) is 0.314. The Balaban J connectivity index is 0.000000273. The molecule has 0 bridgehead atoms. The van der Waals surface area contributed by atoms with Crippen molar-refractivity contribution in [2.24, 2.45) is 11.3 Å². The van der Waals surface area contributed by atoms with Crippen LogP contribution in [-0.4, -0.2) is 3.21 Å². The Morgan fingerprint density at radius 2 is 1.51 bits per heavy atom. The maximum atomic E-state index is 3.48. The van der Waals surface area contributed by atoms with Crippen molar-refractivity contribution in [2.45, 2.75) is 60.8 Å². The van der Waals surface area contributed by atoms with E-state index in [2.05, 4.69) is 126 Å². The van der Waals surface area contributed by atoms with Crippen molar-refractivity contribution in [1.29, 1.82) is 0 Å². The molecule has 0 fully saturated rings. The minimum Gasteiger partial charge on any atom is -1.00 e. The van der Waals surface area contributed by atoms with Crippen molar-refractivity contribution in [3.8, 4) is 11.1 Å². The van der Waals surface area contributed by atoms with Crippen LogP contribution in [0.25, 0.3) is 11.1 Å². The van der Waals surface area contributed by atoms with Gasteiger partial charge >= 0.3 is 76.7 Å². The Kier molecular flexibility index (Phi) is 14.3. The molecule has 0 saturated carbocycles. The van der Waals surface area contributed by atoms with E-state index >= 15 is 0 Å². The van der Waals surface area contributed by atoms with Gasteiger partial charge in [0.25, 0.3) is 0 Å². The summed E-state index contributed by atoms with van der Waals surface area (Å²) < 4.78 is 1.55. The molecular weight excluding hydrogens is 571 g/mol. The normalized spacial score (nSPS) is 14.6. The molecule has 194 valence electrons. The zero-order valence-electron chi connectivity index (χ0n) is 23.0. The summed E-state index contributed by atoms with van der Waals surface area (Å²) >= 11 is 1.54. The van der Waals surface area contributed by atoms with Crippen LogP contribution in [0, 0.1) is 23.5 Å². The predicted molar refractivity (Wildman–Crippen MR) is 148 cm³/mol. The molecule has 0 spiro atoms. The van der Waals surface area contributed by atoms with Crippen molar-refractivity contribution in [3.63, 3.8) is 0 Å². The third-order valence-electron chi connectivity index (χ3n) is 6.40. The van der Waals surface area contributed by atoms with E-state index in [-0.39, 0.29) is 24.8 Å². The Morgan fingerprint density at radius 3 is 2.11 bits per heavy atom. The monoisotopic (exact) mass is 606 g/mol. The number of hydrogen-bond donors (Lipinski definition) is 0. The largest absolute Gasteiger partial charge is 1.00 e. The van der Waals surface area contributed by atoms with E-state index in [1.165, 1.54) is 69.6 Å². The van der Waals surface area contributed by atoms with Gasteiger partial charge in [0.05, 0.1) is 0 Å². The van der Waals surface area contributed by atoms with E-state index in [4.69, 9.17) is 0 Å². The Labute approximate surface area is 252 Å². The van der Waals surface area contributed by atoms with Gasteiger partial charge in [0.15, 0.2) is 0 Å². The summed E-state index contributed by atoms with van der Waals surface area (Å²) in [5.41, 5.74) is 10.1. The molecule has 0 radical (unpaired) electrons. The van der Waals surface area contributed by atoms with E-state index in [1.54, 1.807) is 3.21 Å². The number of allylic oxidation sites excluding steroid dienone is 4. The van der Waals surface area contributed by atoms with Gasteiger partial charge in [-0.05, 0) is 6.42 Å². The SMILES string of the molecule is CCC1=[C-]C(C)C=C1C(C)(C)C.CC[C](=[Zr+2])c1ccccc1.[Cl-].[Cl-].[c-]1cccc2c1Cc1ccccc1-2. The maximum absolute atomic E-state index is 3.48. The van der Waals surface area contributed by atoms with Crippen LogP contribution in [-0.2, 0) is 30.7 Å². The zero-order valence-corrected chi connectivity index (χ0v) is 26.9. The first kappa shape index (κ1) is 33.5. The van der Waals surface area contributed by atoms with Crippen molar-refractivity contribution < 1.29 is 49.0 Å². The summed E-state index contributed by atoms with van der Waals surface area (Å²) in [5, 5.41) is 0. The molecule has 2 aliphatic rings. The number of fused-ring (bicyclic) bond motifs is 3. The molecule has 3 heteroatoms. The van der Waals surface area contributed by atoms with Crippen LogP contribution >= 0.6 is 0 Å². The molecule has 1 atom stereocenters. The second-order valence-corrected chi connectivity index (χ2v) is 11.7. The maximum Gasteiger partial charge on any atom is -0.0253 e. The standard InChI is InChI=1S/C13H9.C12H19.C9H10.2ClH.Zr/c1-3-7-12-10(5-1)9-11-6-2-4-8-13(11)12;1-6-10-7-9(2)8-11(10)12(3,4)5;1-2-6-9-7-4-3-5-8-9;;;/h1-5,7-8H,9H2;8-9H,6H2,1-5H3;3-5,7-8H,2H2,1H3;2*1H;/q2*-1;;;;+2/p-2. The van der Waals surface area contributed by atoms with E-state index in [0.29, 0.717) is 11.3 Å². The van der Waals surface area contributed by atoms with Crippen LogP contribution in [0.15, 0.2) is 90.0 Å². The van der Waals surface area contributed by atoms with Gasteiger partial charge in [-0.1, -0.05) is 87.8 Å². The Morgan fingerprint density at radius 1 is 0.892 bits per heavy atom. The van der Waals surface area contributed by atoms with Crippen molar-refractivity contribution in [1.82, 2.24) is 0 Å². The van der Waals surface area contributed by atoms with Crippen LogP contribution in [0.2, 0.25) is 0 Å².